The Morgan fingerprint density at radius 1 is 1.20 bits per heavy atom. The van der Waals surface area contributed by atoms with E-state index in [2.05, 4.69) is 15.5 Å². The molecule has 1 aromatic carbocycles. The lowest BCUT2D eigenvalue weighted by molar-refractivity contribution is -0.137. The van der Waals surface area contributed by atoms with Gasteiger partial charge >= 0.3 is 6.18 Å². The van der Waals surface area contributed by atoms with Crippen molar-refractivity contribution in [2.24, 2.45) is 0 Å². The minimum Gasteiger partial charge on any atom is -0.340 e. The molecule has 0 aliphatic heterocycles. The van der Waals surface area contributed by atoms with Crippen LogP contribution in [0.1, 0.15) is 17.0 Å². The van der Waals surface area contributed by atoms with Gasteiger partial charge in [0, 0.05) is 19.5 Å². The maximum atomic E-state index is 13.1. The highest BCUT2D eigenvalue weighted by Crippen LogP contribution is 2.30. The predicted octanol–water partition coefficient (Wildman–Crippen LogP) is 2.56. The van der Waals surface area contributed by atoms with Crippen molar-refractivity contribution in [2.45, 2.75) is 19.1 Å². The molecule has 0 aliphatic carbocycles. The topological polar surface area (TPSA) is 51.0 Å². The number of nitrogens with zero attached hydrogens (tertiary/aromatic N) is 2. The Morgan fingerprint density at radius 2 is 2.00 bits per heavy atom. The van der Waals surface area contributed by atoms with Crippen molar-refractivity contribution in [3.63, 3.8) is 0 Å². The lowest BCUT2D eigenvalue weighted by atomic mass is 10.1. The highest BCUT2D eigenvalue weighted by atomic mass is 19.4. The Morgan fingerprint density at radius 3 is 2.65 bits per heavy atom. The first-order valence-electron chi connectivity index (χ1n) is 5.78. The molecule has 0 saturated carbocycles. The second-order valence-corrected chi connectivity index (χ2v) is 4.11. The fraction of sp³-hybridized carbons (Fsp3) is 0.333. The molecule has 4 nitrogen and oxygen atoms in total. The number of aromatic nitrogens is 2. The zero-order chi connectivity index (χ0) is 14.6. The van der Waals surface area contributed by atoms with Gasteiger partial charge in [-0.1, -0.05) is 5.16 Å². The molecule has 0 aliphatic rings. The van der Waals surface area contributed by atoms with Crippen molar-refractivity contribution in [1.82, 2.24) is 15.5 Å². The summed E-state index contributed by atoms with van der Waals surface area (Å²) in [5.41, 5.74) is -0.769. The third-order valence-corrected chi connectivity index (χ3v) is 2.54. The zero-order valence-electron chi connectivity index (χ0n) is 10.2. The van der Waals surface area contributed by atoms with E-state index in [4.69, 9.17) is 4.52 Å². The van der Waals surface area contributed by atoms with Crippen LogP contribution in [0.25, 0.3) is 0 Å². The summed E-state index contributed by atoms with van der Waals surface area (Å²) < 4.78 is 55.4. The molecule has 0 atom stereocenters. The fourth-order valence-electron chi connectivity index (χ4n) is 1.65. The lowest BCUT2D eigenvalue weighted by Crippen LogP contribution is -2.17. The molecule has 20 heavy (non-hydrogen) atoms. The van der Waals surface area contributed by atoms with Crippen LogP contribution >= 0.6 is 0 Å². The van der Waals surface area contributed by atoms with Gasteiger partial charge in [-0.2, -0.15) is 18.2 Å². The Labute approximate surface area is 111 Å². The third-order valence-electron chi connectivity index (χ3n) is 2.54. The molecule has 0 saturated heterocycles. The number of benzene rings is 1. The Kier molecular flexibility index (Phi) is 4.33. The largest absolute Gasteiger partial charge is 0.416 e. The van der Waals surface area contributed by atoms with Gasteiger partial charge in [-0.05, 0) is 23.8 Å². The molecule has 0 fully saturated rings. The first-order valence-corrected chi connectivity index (χ1v) is 5.78. The van der Waals surface area contributed by atoms with E-state index in [-0.39, 0.29) is 12.1 Å². The number of nitrogens with one attached hydrogen (secondary N) is 1. The van der Waals surface area contributed by atoms with Crippen molar-refractivity contribution >= 4 is 0 Å². The van der Waals surface area contributed by atoms with E-state index in [1.807, 2.05) is 0 Å². The fourth-order valence-corrected chi connectivity index (χ4v) is 1.65. The number of alkyl halides is 3. The molecule has 2 aromatic rings. The maximum absolute atomic E-state index is 13.1. The highest BCUT2D eigenvalue weighted by Gasteiger charge is 2.31. The zero-order valence-corrected chi connectivity index (χ0v) is 10.2. The van der Waals surface area contributed by atoms with Gasteiger partial charge in [0.05, 0.1) is 5.56 Å². The van der Waals surface area contributed by atoms with Crippen molar-refractivity contribution in [1.29, 1.82) is 0 Å². The highest BCUT2D eigenvalue weighted by molar-refractivity contribution is 5.26. The van der Waals surface area contributed by atoms with E-state index in [9.17, 15) is 17.6 Å². The summed E-state index contributed by atoms with van der Waals surface area (Å²) in [6, 6.07) is 2.46. The minimum atomic E-state index is -4.55. The number of hydrogen-bond acceptors (Lipinski definition) is 4. The second-order valence-electron chi connectivity index (χ2n) is 4.11. The summed E-state index contributed by atoms with van der Waals surface area (Å²) in [5, 5.41) is 6.30. The average Bonchev–Trinajstić information content (AvgIpc) is 2.86. The van der Waals surface area contributed by atoms with E-state index in [0.717, 1.165) is 12.1 Å². The van der Waals surface area contributed by atoms with Crippen LogP contribution in [0.5, 0.6) is 0 Å². The number of hydrogen-bond donors (Lipinski definition) is 1. The summed E-state index contributed by atoms with van der Waals surface area (Å²) in [4.78, 5) is 3.79. The van der Waals surface area contributed by atoms with Gasteiger partial charge in [-0.25, -0.2) is 4.39 Å². The molecule has 108 valence electrons. The van der Waals surface area contributed by atoms with Gasteiger partial charge in [0.15, 0.2) is 6.33 Å². The molecular formula is C12H11F4N3O. The molecule has 0 unspecified atom stereocenters. The summed E-state index contributed by atoms with van der Waals surface area (Å²) in [6.07, 6.45) is -2.85. The molecule has 0 bridgehead atoms. The Bertz CT molecular complexity index is 554. The van der Waals surface area contributed by atoms with Crippen molar-refractivity contribution < 1.29 is 22.1 Å². The van der Waals surface area contributed by atoms with Crippen molar-refractivity contribution in [3.05, 3.63) is 47.4 Å². The van der Waals surface area contributed by atoms with Crippen LogP contribution in [0.3, 0.4) is 0 Å². The maximum Gasteiger partial charge on any atom is 0.416 e. The quantitative estimate of drug-likeness (QED) is 0.679. The van der Waals surface area contributed by atoms with Crippen LogP contribution in [0.2, 0.25) is 0 Å². The van der Waals surface area contributed by atoms with Crippen LogP contribution in [0.15, 0.2) is 29.0 Å². The van der Waals surface area contributed by atoms with E-state index < -0.39 is 17.6 Å². The molecule has 1 heterocycles. The first kappa shape index (κ1) is 14.4. The predicted molar refractivity (Wildman–Crippen MR) is 61.1 cm³/mol. The second kappa shape index (κ2) is 6.00. The van der Waals surface area contributed by atoms with Crippen molar-refractivity contribution in [3.8, 4) is 0 Å². The van der Waals surface area contributed by atoms with Crippen LogP contribution in [0, 0.1) is 5.82 Å². The van der Waals surface area contributed by atoms with Gasteiger partial charge < -0.3 is 9.84 Å². The van der Waals surface area contributed by atoms with Crippen LogP contribution < -0.4 is 5.32 Å². The number of halogens is 4. The van der Waals surface area contributed by atoms with Gasteiger partial charge in [0.2, 0.25) is 5.89 Å². The van der Waals surface area contributed by atoms with E-state index in [1.165, 1.54) is 6.33 Å². The average molecular weight is 289 g/mol. The molecule has 0 radical (unpaired) electrons. The summed E-state index contributed by atoms with van der Waals surface area (Å²) in [5.74, 6) is -0.485. The van der Waals surface area contributed by atoms with Gasteiger partial charge in [-0.3, -0.25) is 0 Å². The summed E-state index contributed by atoms with van der Waals surface area (Å²) in [7, 11) is 0. The molecule has 0 amide bonds. The molecule has 1 N–H and O–H groups in total. The minimum absolute atomic E-state index is 0.120. The summed E-state index contributed by atoms with van der Waals surface area (Å²) in [6.45, 7) is 0.551. The lowest BCUT2D eigenvalue weighted by Gasteiger charge is -2.10. The smallest absolute Gasteiger partial charge is 0.340 e. The molecule has 0 spiro atoms. The Balaban J connectivity index is 1.91. The van der Waals surface area contributed by atoms with Gasteiger partial charge in [0.1, 0.15) is 5.82 Å². The molecular weight excluding hydrogens is 278 g/mol. The van der Waals surface area contributed by atoms with Crippen LogP contribution in [-0.4, -0.2) is 16.7 Å². The first-order chi connectivity index (χ1) is 9.45. The van der Waals surface area contributed by atoms with E-state index in [1.54, 1.807) is 0 Å². The van der Waals surface area contributed by atoms with Crippen LogP contribution in [-0.2, 0) is 19.1 Å². The standard InChI is InChI=1S/C12H11F4N3O/c13-10-4-8(3-9(5-10)12(14,15)16)6-17-2-1-11-18-7-19-20-11/h3-5,7,17H,1-2,6H2. The SMILES string of the molecule is Fc1cc(CNCCc2ncno2)cc(C(F)(F)F)c1. The van der Waals surface area contributed by atoms with Crippen molar-refractivity contribution in [2.75, 3.05) is 6.54 Å². The monoisotopic (exact) mass is 289 g/mol. The van der Waals surface area contributed by atoms with E-state index >= 15 is 0 Å². The molecule has 8 heteroatoms. The van der Waals surface area contributed by atoms with Gasteiger partial charge in [-0.15, -0.1) is 0 Å². The molecule has 2 rings (SSSR count). The third kappa shape index (κ3) is 4.02. The van der Waals surface area contributed by atoms with E-state index in [0.29, 0.717) is 24.9 Å². The summed E-state index contributed by atoms with van der Waals surface area (Å²) >= 11 is 0. The van der Waals surface area contributed by atoms with Gasteiger partial charge in [0.25, 0.3) is 0 Å². The van der Waals surface area contributed by atoms with Crippen LogP contribution in [0.4, 0.5) is 17.6 Å². The normalized spacial score (nSPS) is 11.8. The Hall–Kier alpha value is -1.96. The number of rotatable bonds is 5. The molecule has 1 aromatic heterocycles.